The number of nitrogens with one attached hydrogen (secondary N) is 14. The molecule has 0 saturated heterocycles. The summed E-state index contributed by atoms with van der Waals surface area (Å²) in [6.45, 7) is 7.69. The zero-order valence-electron chi connectivity index (χ0n) is 52.4. The maximum Gasteiger partial charge on any atom is 0.245 e. The van der Waals surface area contributed by atoms with E-state index in [2.05, 4.69) is 73.8 Å². The monoisotopic (exact) mass is 1300 g/mol. The Morgan fingerprint density at radius 1 is 0.543 bits per heavy atom. The number of hydroxylamine groups is 3. The van der Waals surface area contributed by atoms with Crippen LogP contribution in [0.1, 0.15) is 129 Å². The van der Waals surface area contributed by atoms with Crippen LogP contribution >= 0.6 is 0 Å². The number of aromatic amines is 2. The number of amides is 14. The molecule has 0 unspecified atom stereocenters. The molecule has 3 rings (SSSR count). The third kappa shape index (κ3) is 30.8. The van der Waals surface area contributed by atoms with Crippen LogP contribution < -0.4 is 75.8 Å². The molecule has 0 radical (unpaired) electrons. The van der Waals surface area contributed by atoms with Gasteiger partial charge in [0, 0.05) is 87.0 Å². The van der Waals surface area contributed by atoms with Crippen molar-refractivity contribution in [3.05, 3.63) is 54.2 Å². The van der Waals surface area contributed by atoms with E-state index >= 15 is 0 Å². The normalized spacial score (nSPS) is 13.0. The summed E-state index contributed by atoms with van der Waals surface area (Å²) in [5, 5.41) is 32.6. The van der Waals surface area contributed by atoms with Crippen LogP contribution in [0.2, 0.25) is 0 Å². The predicted molar refractivity (Wildman–Crippen MR) is 327 cm³/mol. The quantitative estimate of drug-likeness (QED) is 0.0151. The van der Waals surface area contributed by atoms with Gasteiger partial charge < -0.3 is 69.3 Å². The third-order valence-corrected chi connectivity index (χ3v) is 13.7. The fraction of sp³-hybridized carbons (Fsp3) is 0.569. The summed E-state index contributed by atoms with van der Waals surface area (Å²) in [7, 11) is 0. The van der Waals surface area contributed by atoms with Gasteiger partial charge in [-0.2, -0.15) is 0 Å². The highest BCUT2D eigenvalue weighted by atomic mass is 16.7. The van der Waals surface area contributed by atoms with Crippen molar-refractivity contribution in [2.75, 3.05) is 32.8 Å². The van der Waals surface area contributed by atoms with Gasteiger partial charge in [-0.15, -0.1) is 0 Å². The number of unbranched alkanes of at least 4 members (excludes halogenated alkanes) is 2. The highest BCUT2D eigenvalue weighted by Crippen LogP contribution is 2.20. The molecular weight excluding hydrogens is 1210 g/mol. The van der Waals surface area contributed by atoms with Crippen LogP contribution in [0.4, 0.5) is 0 Å². The number of benzene rings is 1. The summed E-state index contributed by atoms with van der Waals surface area (Å²) in [5.41, 5.74) is 18.4. The third-order valence-electron chi connectivity index (χ3n) is 13.7. The minimum absolute atomic E-state index is 0.00325. The van der Waals surface area contributed by atoms with E-state index in [1.54, 1.807) is 44.3 Å². The molecule has 2 heterocycles. The Morgan fingerprint density at radius 3 is 1.75 bits per heavy atom. The Labute approximate surface area is 530 Å². The first kappa shape index (κ1) is 76.7. The summed E-state index contributed by atoms with van der Waals surface area (Å²) < 4.78 is 0. The summed E-state index contributed by atoms with van der Waals surface area (Å²) >= 11 is 0. The second kappa shape index (κ2) is 41.7. The lowest BCUT2D eigenvalue weighted by atomic mass is 10.0. The lowest BCUT2D eigenvalue weighted by molar-refractivity contribution is -0.141. The van der Waals surface area contributed by atoms with E-state index in [0.29, 0.717) is 30.5 Å². The predicted octanol–water partition coefficient (Wildman–Crippen LogP) is -3.09. The standard InChI is InChI=1S/C58H89N17O17/c1-33(2)26-41(53(60)84)70-57(88)43(28-37-30-61-32-66-37)69-51(83)31-65-58(89)52(34(3)4)72-54(85)35(5)67-56(87)42(27-36-29-64-39-13-9-8-12-38(36)39)71-55(86)40(16-17-44(59)76)68-47(79)14-7-6-10-22-62-45(77)18-19-46(78)63-23-11-15-49(81)74-92-25-21-50(82)75-91-24-20-48(80)73-90/h8-9,12-13,29-30,32-35,40-43,52,64,90H,6-7,10-11,14-28,31H2,1-5H3,(H2,59,76)(H2,60,84)(H,61,66)(H,62,77)(H,63,78)(H,65,89)(H,67,87)(H,68,79)(H,69,83)(H,70,88)(H,71,86)(H,72,85)(H,73,80)(H,74,81)(H,75,82)/t35-,40-,41-,42-,43-,52-/m0/s1. The number of para-hydroxylation sites is 1. The number of nitrogens with zero attached hydrogens (tertiary/aromatic N) is 1. The lowest BCUT2D eigenvalue weighted by Gasteiger charge is -2.26. The van der Waals surface area contributed by atoms with Gasteiger partial charge in [-0.05, 0) is 62.5 Å². The van der Waals surface area contributed by atoms with E-state index in [1.807, 2.05) is 13.8 Å². The zero-order valence-corrected chi connectivity index (χ0v) is 52.4. The summed E-state index contributed by atoms with van der Waals surface area (Å²) in [5.74, 6) is -9.97. The number of fused-ring (bicyclic) bond motifs is 1. The Bertz CT molecular complexity index is 2960. The molecule has 3 aromatic rings. The molecule has 0 saturated carbocycles. The van der Waals surface area contributed by atoms with E-state index in [-0.39, 0.29) is 115 Å². The van der Waals surface area contributed by atoms with Crippen molar-refractivity contribution in [2.45, 2.75) is 167 Å². The Hall–Kier alpha value is -9.57. The van der Waals surface area contributed by atoms with Gasteiger partial charge in [-0.3, -0.25) is 82.0 Å². The average molecular weight is 1300 g/mol. The molecule has 0 aliphatic carbocycles. The Kier molecular flexibility index (Phi) is 34.7. The SMILES string of the molecule is CC(C)C[C@H](NC(=O)[C@H](Cc1cnc[nH]1)NC(=O)CNC(=O)[C@@H](NC(=O)[C@H](C)NC(=O)[C@H](Cc1c[nH]c2ccccc12)NC(=O)[C@H](CCC(N)=O)NC(=O)CCCCCNC(=O)CCC(=O)NCCCC(=O)NOCCC(=O)NOCCC(=O)NO)C(C)C)C(N)=O. The second-order valence-electron chi connectivity index (χ2n) is 22.3. The van der Waals surface area contributed by atoms with Gasteiger partial charge >= 0.3 is 0 Å². The number of nitrogens with two attached hydrogens (primary N) is 2. The molecule has 14 amide bonds. The molecule has 0 aliphatic heterocycles. The highest BCUT2D eigenvalue weighted by Gasteiger charge is 2.33. The molecule has 19 N–H and O–H groups in total. The molecule has 0 fully saturated rings. The van der Waals surface area contributed by atoms with Crippen LogP contribution in [0.15, 0.2) is 43.0 Å². The molecule has 0 spiro atoms. The second-order valence-corrected chi connectivity index (χ2v) is 22.3. The van der Waals surface area contributed by atoms with Gasteiger partial charge in [-0.1, -0.05) is 52.3 Å². The van der Waals surface area contributed by atoms with Crippen molar-refractivity contribution >= 4 is 93.6 Å². The Morgan fingerprint density at radius 2 is 1.13 bits per heavy atom. The Balaban J connectivity index is 1.50. The van der Waals surface area contributed by atoms with Crippen LogP contribution in [0.3, 0.4) is 0 Å². The van der Waals surface area contributed by atoms with Gasteiger partial charge in [-0.25, -0.2) is 21.4 Å². The van der Waals surface area contributed by atoms with Crippen molar-refractivity contribution in [1.82, 2.24) is 79.2 Å². The molecule has 1 aromatic carbocycles. The van der Waals surface area contributed by atoms with Gasteiger partial charge in [0.05, 0.1) is 38.9 Å². The topological polar surface area (TPSA) is 519 Å². The number of imidazole rings is 1. The number of aromatic nitrogens is 3. The lowest BCUT2D eigenvalue weighted by Crippen LogP contribution is -2.59. The molecule has 508 valence electrons. The molecule has 0 bridgehead atoms. The minimum atomic E-state index is -1.38. The fourth-order valence-electron chi connectivity index (χ4n) is 8.76. The smallest absolute Gasteiger partial charge is 0.245 e. The maximum absolute atomic E-state index is 14.2. The number of hydrogen-bond acceptors (Lipinski definition) is 18. The number of H-pyrrole nitrogens is 2. The van der Waals surface area contributed by atoms with Crippen molar-refractivity contribution < 1.29 is 82.0 Å². The molecule has 2 aromatic heterocycles. The van der Waals surface area contributed by atoms with E-state index in [4.69, 9.17) is 26.3 Å². The molecule has 34 heteroatoms. The van der Waals surface area contributed by atoms with Gasteiger partial charge in [0.15, 0.2) is 0 Å². The first-order valence-corrected chi connectivity index (χ1v) is 30.2. The van der Waals surface area contributed by atoms with E-state index in [1.165, 1.54) is 24.9 Å². The van der Waals surface area contributed by atoms with Crippen molar-refractivity contribution in [1.29, 1.82) is 0 Å². The zero-order chi connectivity index (χ0) is 68.1. The van der Waals surface area contributed by atoms with Gasteiger partial charge in [0.1, 0.15) is 36.3 Å². The number of rotatable bonds is 45. The highest BCUT2D eigenvalue weighted by molar-refractivity contribution is 5.97. The average Bonchev–Trinajstić information content (AvgIpc) is 1.69. The van der Waals surface area contributed by atoms with E-state index < -0.39 is 126 Å². The van der Waals surface area contributed by atoms with Crippen molar-refractivity contribution in [2.24, 2.45) is 23.3 Å². The molecular formula is C58H89N17O17. The van der Waals surface area contributed by atoms with Crippen LogP contribution in [-0.4, -0.2) is 172 Å². The minimum Gasteiger partial charge on any atom is -0.370 e. The van der Waals surface area contributed by atoms with Crippen molar-refractivity contribution in [3.63, 3.8) is 0 Å². The van der Waals surface area contributed by atoms with Crippen LogP contribution in [0.25, 0.3) is 10.9 Å². The van der Waals surface area contributed by atoms with Crippen LogP contribution in [0.5, 0.6) is 0 Å². The largest absolute Gasteiger partial charge is 0.370 e. The van der Waals surface area contributed by atoms with Gasteiger partial charge in [0.2, 0.25) is 82.7 Å². The first-order valence-electron chi connectivity index (χ1n) is 30.2. The molecule has 6 atom stereocenters. The number of hydrogen-bond donors (Lipinski definition) is 17. The van der Waals surface area contributed by atoms with Gasteiger partial charge in [0.25, 0.3) is 0 Å². The fourth-order valence-corrected chi connectivity index (χ4v) is 8.76. The van der Waals surface area contributed by atoms with E-state index in [9.17, 15) is 67.1 Å². The summed E-state index contributed by atoms with van der Waals surface area (Å²) in [6, 6.07) is -0.346. The van der Waals surface area contributed by atoms with Crippen molar-refractivity contribution in [3.8, 4) is 0 Å². The number of carbonyl (C=O) groups excluding carboxylic acids is 14. The summed E-state index contributed by atoms with van der Waals surface area (Å²) in [6.07, 6.45) is 4.86. The number of carbonyl (C=O) groups is 14. The molecule has 92 heavy (non-hydrogen) atoms. The first-order chi connectivity index (χ1) is 43.8. The van der Waals surface area contributed by atoms with Crippen LogP contribution in [-0.2, 0) is 89.6 Å². The maximum atomic E-state index is 14.2. The van der Waals surface area contributed by atoms with E-state index in [0.717, 1.165) is 10.9 Å². The summed E-state index contributed by atoms with van der Waals surface area (Å²) in [4.78, 5) is 198. The van der Waals surface area contributed by atoms with Crippen LogP contribution in [0, 0.1) is 11.8 Å². The number of primary amides is 2. The molecule has 0 aliphatic rings. The molecule has 34 nitrogen and oxygen atoms in total.